The summed E-state index contributed by atoms with van der Waals surface area (Å²) in [4.78, 5) is 23.1. The number of hydrogen-bond donors (Lipinski definition) is 1. The lowest BCUT2D eigenvalue weighted by Gasteiger charge is -2.36. The highest BCUT2D eigenvalue weighted by Crippen LogP contribution is 2.24. The Balaban J connectivity index is 1.53. The predicted molar refractivity (Wildman–Crippen MR) is 109 cm³/mol. The zero-order valence-electron chi connectivity index (χ0n) is 17.0. The van der Waals surface area contributed by atoms with Crippen molar-refractivity contribution in [2.75, 3.05) is 18.9 Å². The summed E-state index contributed by atoms with van der Waals surface area (Å²) < 4.78 is 11.3. The van der Waals surface area contributed by atoms with Crippen LogP contribution in [0.15, 0.2) is 24.3 Å². The van der Waals surface area contributed by atoms with E-state index in [0.29, 0.717) is 18.3 Å². The van der Waals surface area contributed by atoms with Gasteiger partial charge in [-0.2, -0.15) is 0 Å². The van der Waals surface area contributed by atoms with Crippen molar-refractivity contribution in [2.24, 2.45) is 0 Å². The van der Waals surface area contributed by atoms with E-state index in [1.165, 1.54) is 0 Å². The lowest BCUT2D eigenvalue weighted by atomic mass is 9.98. The highest BCUT2D eigenvalue weighted by molar-refractivity contribution is 5.76. The van der Waals surface area contributed by atoms with Gasteiger partial charge in [0.05, 0.1) is 17.6 Å². The van der Waals surface area contributed by atoms with Crippen LogP contribution in [0.25, 0.3) is 11.0 Å². The van der Waals surface area contributed by atoms with E-state index in [9.17, 15) is 4.79 Å². The van der Waals surface area contributed by atoms with Gasteiger partial charge >= 0.3 is 6.09 Å². The number of aromatic nitrogens is 2. The third kappa shape index (κ3) is 5.24. The number of benzene rings is 1. The number of nitrogens with two attached hydrogens (primary N) is 1. The van der Waals surface area contributed by atoms with E-state index in [0.717, 1.165) is 49.7 Å². The molecule has 1 aliphatic heterocycles. The molecule has 1 fully saturated rings. The fourth-order valence-electron chi connectivity index (χ4n) is 3.45. The number of nitrogens with zero attached hydrogens (tertiary/aromatic N) is 3. The normalized spacial score (nSPS) is 17.5. The highest BCUT2D eigenvalue weighted by Gasteiger charge is 2.30. The number of ether oxygens (including phenoxy) is 2. The van der Waals surface area contributed by atoms with E-state index in [1.54, 1.807) is 0 Å². The molecule has 1 saturated heterocycles. The van der Waals surface area contributed by atoms with Crippen LogP contribution in [0, 0.1) is 0 Å². The van der Waals surface area contributed by atoms with E-state index in [-0.39, 0.29) is 12.1 Å². The zero-order chi connectivity index (χ0) is 20.1. The summed E-state index contributed by atoms with van der Waals surface area (Å²) >= 11 is 0. The predicted octanol–water partition coefficient (Wildman–Crippen LogP) is 4.16. The molecule has 1 amide bonds. The number of carbonyl (C=O) groups is 1. The Hall–Kier alpha value is -2.57. The fourth-order valence-corrected chi connectivity index (χ4v) is 3.45. The maximum absolute atomic E-state index is 12.5. The number of likely N-dealkylation sites (tertiary alicyclic amines) is 1. The van der Waals surface area contributed by atoms with Gasteiger partial charge in [0, 0.05) is 12.6 Å². The molecule has 0 saturated carbocycles. The summed E-state index contributed by atoms with van der Waals surface area (Å²) in [5.41, 5.74) is 7.00. The number of amides is 1. The van der Waals surface area contributed by atoms with E-state index in [1.807, 2.05) is 49.9 Å². The molecule has 28 heavy (non-hydrogen) atoms. The molecular weight excluding hydrogens is 356 g/mol. The minimum atomic E-state index is -0.478. The van der Waals surface area contributed by atoms with Crippen LogP contribution in [0.2, 0.25) is 0 Å². The topological polar surface area (TPSA) is 90.6 Å². The first-order valence-corrected chi connectivity index (χ1v) is 9.98. The standard InChI is InChI=1S/C21H30N4O3/c1-21(2,3)28-20(26)25-13-7-6-9-15(25)10-8-14-27-19-18(22)23-16-11-4-5-12-17(16)24-19/h4-5,11-12,15H,6-10,13-14H2,1-3H3,(H2,22,23). The number of hydrogen-bond acceptors (Lipinski definition) is 6. The van der Waals surface area contributed by atoms with Gasteiger partial charge < -0.3 is 20.1 Å². The van der Waals surface area contributed by atoms with Crippen molar-refractivity contribution >= 4 is 22.9 Å². The van der Waals surface area contributed by atoms with Gasteiger partial charge in [0.15, 0.2) is 5.82 Å². The van der Waals surface area contributed by atoms with Crippen molar-refractivity contribution in [3.63, 3.8) is 0 Å². The van der Waals surface area contributed by atoms with Gasteiger partial charge in [0.2, 0.25) is 0 Å². The SMILES string of the molecule is CC(C)(C)OC(=O)N1CCCCC1CCCOc1nc2ccccc2nc1N. The summed E-state index contributed by atoms with van der Waals surface area (Å²) in [6, 6.07) is 7.75. The molecule has 7 heteroatoms. The maximum Gasteiger partial charge on any atom is 0.410 e. The molecule has 7 nitrogen and oxygen atoms in total. The maximum atomic E-state index is 12.5. The number of para-hydroxylation sites is 2. The lowest BCUT2D eigenvalue weighted by Crippen LogP contribution is -2.46. The largest absolute Gasteiger partial charge is 0.475 e. The molecule has 0 aliphatic carbocycles. The van der Waals surface area contributed by atoms with Crippen molar-refractivity contribution in [1.29, 1.82) is 0 Å². The Morgan fingerprint density at radius 3 is 2.64 bits per heavy atom. The van der Waals surface area contributed by atoms with Gasteiger partial charge in [-0.15, -0.1) is 0 Å². The number of fused-ring (bicyclic) bond motifs is 1. The van der Waals surface area contributed by atoms with E-state index < -0.39 is 5.60 Å². The van der Waals surface area contributed by atoms with Crippen LogP contribution in [-0.4, -0.2) is 45.8 Å². The fraction of sp³-hybridized carbons (Fsp3) is 0.571. The van der Waals surface area contributed by atoms with Crippen LogP contribution in [0.3, 0.4) is 0 Å². The first-order chi connectivity index (χ1) is 13.3. The van der Waals surface area contributed by atoms with Crippen LogP contribution in [-0.2, 0) is 4.74 Å². The van der Waals surface area contributed by atoms with Crippen LogP contribution in [0.1, 0.15) is 52.9 Å². The highest BCUT2D eigenvalue weighted by atomic mass is 16.6. The van der Waals surface area contributed by atoms with Gasteiger partial charge in [-0.05, 0) is 65.0 Å². The number of piperidine rings is 1. The molecule has 0 bridgehead atoms. The first kappa shape index (κ1) is 20.2. The Kier molecular flexibility index (Phi) is 6.21. The summed E-state index contributed by atoms with van der Waals surface area (Å²) in [7, 11) is 0. The van der Waals surface area contributed by atoms with Crippen molar-refractivity contribution < 1.29 is 14.3 Å². The smallest absolute Gasteiger partial charge is 0.410 e. The number of rotatable bonds is 5. The molecule has 152 valence electrons. The molecule has 0 radical (unpaired) electrons. The average molecular weight is 386 g/mol. The minimum Gasteiger partial charge on any atom is -0.475 e. The molecule has 1 aliphatic rings. The van der Waals surface area contributed by atoms with Crippen molar-refractivity contribution in [2.45, 2.75) is 64.5 Å². The molecule has 0 spiro atoms. The summed E-state index contributed by atoms with van der Waals surface area (Å²) in [5, 5.41) is 0. The van der Waals surface area contributed by atoms with Gasteiger partial charge in [-0.1, -0.05) is 12.1 Å². The third-order valence-electron chi connectivity index (χ3n) is 4.74. The van der Waals surface area contributed by atoms with E-state index in [2.05, 4.69) is 9.97 Å². The monoisotopic (exact) mass is 386 g/mol. The van der Waals surface area contributed by atoms with Crippen LogP contribution in [0.4, 0.5) is 10.6 Å². The second-order valence-corrected chi connectivity index (χ2v) is 8.22. The molecule has 1 aromatic heterocycles. The van der Waals surface area contributed by atoms with E-state index >= 15 is 0 Å². The average Bonchev–Trinajstić information content (AvgIpc) is 2.64. The first-order valence-electron chi connectivity index (χ1n) is 9.98. The van der Waals surface area contributed by atoms with E-state index in [4.69, 9.17) is 15.2 Å². The molecular formula is C21H30N4O3. The van der Waals surface area contributed by atoms with Crippen LogP contribution >= 0.6 is 0 Å². The number of anilines is 1. The lowest BCUT2D eigenvalue weighted by molar-refractivity contribution is 0.00822. The van der Waals surface area contributed by atoms with Gasteiger partial charge in [-0.25, -0.2) is 14.8 Å². The number of carbonyl (C=O) groups excluding carboxylic acids is 1. The third-order valence-corrected chi connectivity index (χ3v) is 4.74. The Morgan fingerprint density at radius 2 is 1.93 bits per heavy atom. The van der Waals surface area contributed by atoms with Crippen molar-refractivity contribution in [3.8, 4) is 5.88 Å². The summed E-state index contributed by atoms with van der Waals surface area (Å²) in [6.07, 6.45) is 4.60. The second kappa shape index (κ2) is 8.63. The van der Waals surface area contributed by atoms with Gasteiger partial charge in [0.1, 0.15) is 5.60 Å². The molecule has 1 aromatic carbocycles. The molecule has 3 rings (SSSR count). The van der Waals surface area contributed by atoms with Crippen molar-refractivity contribution in [3.05, 3.63) is 24.3 Å². The zero-order valence-corrected chi connectivity index (χ0v) is 17.0. The second-order valence-electron chi connectivity index (χ2n) is 8.22. The van der Waals surface area contributed by atoms with Crippen molar-refractivity contribution in [1.82, 2.24) is 14.9 Å². The van der Waals surface area contributed by atoms with Crippen LogP contribution in [0.5, 0.6) is 5.88 Å². The molecule has 1 unspecified atom stereocenters. The number of nitrogen functional groups attached to an aromatic ring is 1. The minimum absolute atomic E-state index is 0.187. The summed E-state index contributed by atoms with van der Waals surface area (Å²) in [5.74, 6) is 0.665. The molecule has 2 aromatic rings. The summed E-state index contributed by atoms with van der Waals surface area (Å²) in [6.45, 7) is 6.92. The molecule has 1 atom stereocenters. The van der Waals surface area contributed by atoms with Gasteiger partial charge in [0.25, 0.3) is 5.88 Å². The van der Waals surface area contributed by atoms with Crippen LogP contribution < -0.4 is 10.5 Å². The Morgan fingerprint density at radius 1 is 1.21 bits per heavy atom. The quantitative estimate of drug-likeness (QED) is 0.776. The molecule has 2 N–H and O–H groups in total. The Bertz CT molecular complexity index is 819. The molecule has 2 heterocycles. The Labute approximate surface area is 166 Å². The van der Waals surface area contributed by atoms with Gasteiger partial charge in [-0.3, -0.25) is 0 Å².